The van der Waals surface area contributed by atoms with Crippen LogP contribution < -0.4 is 10.4 Å². The Labute approximate surface area is 240 Å². The zero-order chi connectivity index (χ0) is 28.3. The van der Waals surface area contributed by atoms with Crippen LogP contribution in [0.5, 0.6) is 5.75 Å². The number of imidazole rings is 1. The summed E-state index contributed by atoms with van der Waals surface area (Å²) >= 11 is 8.95. The molecule has 6 nitrogen and oxygen atoms in total. The van der Waals surface area contributed by atoms with Gasteiger partial charge >= 0.3 is 11.7 Å². The number of nitrogens with zero attached hydrogens (tertiary/aromatic N) is 2. The Balaban J connectivity index is 1.83. The van der Waals surface area contributed by atoms with Crippen molar-refractivity contribution in [2.75, 3.05) is 0 Å². The van der Waals surface area contributed by atoms with E-state index in [2.05, 4.69) is 51.2 Å². The summed E-state index contributed by atoms with van der Waals surface area (Å²) in [6, 6.07) is 15.5. The number of aliphatic carboxylic acids is 1. The number of carboxylic acids is 1. The van der Waals surface area contributed by atoms with Crippen molar-refractivity contribution in [1.29, 1.82) is 0 Å². The lowest BCUT2D eigenvalue weighted by Crippen LogP contribution is -2.24. The average molecular weight is 565 g/mol. The quantitative estimate of drug-likeness (QED) is 0.174. The number of para-hydroxylation sites is 2. The van der Waals surface area contributed by atoms with E-state index in [-0.39, 0.29) is 5.69 Å². The van der Waals surface area contributed by atoms with Crippen molar-refractivity contribution >= 4 is 42.3 Å². The van der Waals surface area contributed by atoms with Crippen LogP contribution in [0.15, 0.2) is 63.1 Å². The lowest BCUT2D eigenvalue weighted by Gasteiger charge is -2.24. The van der Waals surface area contributed by atoms with E-state index in [0.717, 1.165) is 59.0 Å². The van der Waals surface area contributed by atoms with Gasteiger partial charge in [-0.25, -0.2) is 9.59 Å². The minimum Gasteiger partial charge on any atom is -0.478 e. The topological polar surface area (TPSA) is 73.5 Å². The molecule has 1 heterocycles. The Morgan fingerprint density at radius 2 is 1.54 bits per heavy atom. The molecule has 1 atom stereocenters. The van der Waals surface area contributed by atoms with Crippen LogP contribution in [0, 0.1) is 6.92 Å². The molecule has 39 heavy (non-hydrogen) atoms. The molecule has 206 valence electrons. The fourth-order valence-electron chi connectivity index (χ4n) is 5.24. The molecule has 8 heteroatoms. The molecule has 3 aromatic carbocycles. The van der Waals surface area contributed by atoms with Gasteiger partial charge in [-0.2, -0.15) is 0 Å². The van der Waals surface area contributed by atoms with Gasteiger partial charge < -0.3 is 9.84 Å². The Bertz CT molecular complexity index is 1540. The highest BCUT2D eigenvalue weighted by Crippen LogP contribution is 2.36. The summed E-state index contributed by atoms with van der Waals surface area (Å²) in [4.78, 5) is 27.1. The number of rotatable bonds is 11. The maximum Gasteiger partial charge on any atom is 0.349 e. The maximum absolute atomic E-state index is 13.3. The van der Waals surface area contributed by atoms with Crippen LogP contribution in [0.2, 0.25) is 0 Å². The van der Waals surface area contributed by atoms with E-state index in [9.17, 15) is 14.7 Å². The molecule has 4 rings (SSSR count). The van der Waals surface area contributed by atoms with Gasteiger partial charge in [-0.05, 0) is 73.2 Å². The molecule has 0 aliphatic heterocycles. The number of fused-ring (bicyclic) bond motifs is 1. The third kappa shape index (κ3) is 5.92. The van der Waals surface area contributed by atoms with E-state index >= 15 is 0 Å². The molecular weight excluding hydrogens is 528 g/mol. The minimum absolute atomic E-state index is 0.0382. The van der Waals surface area contributed by atoms with Gasteiger partial charge in [0.25, 0.3) is 0 Å². The van der Waals surface area contributed by atoms with Gasteiger partial charge in [0.15, 0.2) is 0 Å². The predicted octanol–water partition coefficient (Wildman–Crippen LogP) is 6.87. The van der Waals surface area contributed by atoms with Crippen molar-refractivity contribution in [3.8, 4) is 5.75 Å². The van der Waals surface area contributed by atoms with Crippen molar-refractivity contribution in [3.63, 3.8) is 0 Å². The number of carbonyl (C=O) groups is 1. The lowest BCUT2D eigenvalue weighted by atomic mass is 9.97. The number of hydrogen-bond donors (Lipinski definition) is 3. The molecule has 0 amide bonds. The van der Waals surface area contributed by atoms with Crippen LogP contribution in [0.25, 0.3) is 11.0 Å². The van der Waals surface area contributed by atoms with Crippen LogP contribution in [-0.2, 0) is 30.7 Å². The second-order valence-electron chi connectivity index (χ2n) is 9.86. The van der Waals surface area contributed by atoms with Crippen LogP contribution in [0.1, 0.15) is 67.5 Å². The third-order valence-corrected chi connectivity index (χ3v) is 7.79. The summed E-state index contributed by atoms with van der Waals surface area (Å²) < 4.78 is 10.0. The lowest BCUT2D eigenvalue weighted by molar-refractivity contribution is -0.145. The molecule has 0 spiro atoms. The minimum atomic E-state index is -1.20. The average Bonchev–Trinajstić information content (AvgIpc) is 3.16. The van der Waals surface area contributed by atoms with Crippen LogP contribution in [0.3, 0.4) is 0 Å². The largest absolute Gasteiger partial charge is 0.478 e. The molecule has 1 N–H and O–H groups in total. The molecule has 0 aliphatic carbocycles. The summed E-state index contributed by atoms with van der Waals surface area (Å²) in [6.45, 7) is 9.02. The zero-order valence-corrected chi connectivity index (χ0v) is 24.7. The number of benzene rings is 3. The fourth-order valence-corrected chi connectivity index (χ4v) is 5.87. The smallest absolute Gasteiger partial charge is 0.349 e. The Hall–Kier alpha value is -3.10. The molecule has 1 unspecified atom stereocenters. The highest BCUT2D eigenvalue weighted by atomic mass is 32.1. The van der Waals surface area contributed by atoms with E-state index in [1.54, 1.807) is 16.7 Å². The first-order valence-corrected chi connectivity index (χ1v) is 14.3. The summed E-state index contributed by atoms with van der Waals surface area (Å²) in [7, 11) is 0. The van der Waals surface area contributed by atoms with E-state index in [1.165, 1.54) is 0 Å². The standard InChI is InChI=1S/C31H36N2O4S2/c1-5-10-21-14-20(18-33-26-13-9-8-12-25(26)32(7-3)31(33)36)15-22(11-6-2)28(21)37-29(30(34)35)24-16-23(38)17-27(39)19(24)4/h8-9,12-17,29,38-39H,5-7,10-11,18H2,1-4H3,(H,34,35). The molecule has 0 saturated carbocycles. The monoisotopic (exact) mass is 564 g/mol. The van der Waals surface area contributed by atoms with Gasteiger partial charge in [0.2, 0.25) is 6.10 Å². The van der Waals surface area contributed by atoms with Gasteiger partial charge in [0.05, 0.1) is 17.6 Å². The summed E-state index contributed by atoms with van der Waals surface area (Å²) in [5.41, 5.74) is 5.95. The number of aromatic nitrogens is 2. The molecular formula is C31H36N2O4S2. The van der Waals surface area contributed by atoms with E-state index in [0.29, 0.717) is 34.2 Å². The normalized spacial score (nSPS) is 12.2. The number of hydrogen-bond acceptors (Lipinski definition) is 5. The molecule has 0 saturated heterocycles. The second kappa shape index (κ2) is 12.4. The second-order valence-corrected chi connectivity index (χ2v) is 10.9. The zero-order valence-electron chi connectivity index (χ0n) is 22.9. The molecule has 0 fully saturated rings. The van der Waals surface area contributed by atoms with Crippen molar-refractivity contribution in [3.05, 3.63) is 86.8 Å². The number of ether oxygens (including phenoxy) is 1. The fraction of sp³-hybridized carbons (Fsp3) is 0.355. The molecule has 0 radical (unpaired) electrons. The van der Waals surface area contributed by atoms with Crippen molar-refractivity contribution in [1.82, 2.24) is 9.13 Å². The first-order valence-electron chi connectivity index (χ1n) is 13.4. The van der Waals surface area contributed by atoms with Gasteiger partial charge in [0, 0.05) is 21.9 Å². The number of thiol groups is 2. The molecule has 0 bridgehead atoms. The van der Waals surface area contributed by atoms with E-state index < -0.39 is 12.1 Å². The summed E-state index contributed by atoms with van der Waals surface area (Å²) in [5, 5.41) is 10.2. The van der Waals surface area contributed by atoms with E-state index in [1.807, 2.05) is 42.7 Å². The maximum atomic E-state index is 13.3. The number of aryl methyl sites for hydroxylation is 3. The van der Waals surface area contributed by atoms with Gasteiger partial charge in [0.1, 0.15) is 5.75 Å². The Kier molecular flexibility index (Phi) is 9.18. The molecule has 0 aliphatic rings. The molecule has 4 aromatic rings. The van der Waals surface area contributed by atoms with E-state index in [4.69, 9.17) is 4.74 Å². The summed E-state index contributed by atoms with van der Waals surface area (Å²) in [5.74, 6) is -0.458. The SMILES string of the molecule is CCCc1cc(Cn2c(=O)n(CC)c3ccccc32)cc(CCC)c1OC(C(=O)O)c1cc(S)cc(S)c1C. The van der Waals surface area contributed by atoms with Crippen molar-refractivity contribution < 1.29 is 14.6 Å². The highest BCUT2D eigenvalue weighted by Gasteiger charge is 2.27. The highest BCUT2D eigenvalue weighted by molar-refractivity contribution is 7.81. The molecule has 1 aromatic heterocycles. The Morgan fingerprint density at radius 3 is 2.08 bits per heavy atom. The van der Waals surface area contributed by atoms with Gasteiger partial charge in [-0.15, -0.1) is 25.3 Å². The van der Waals surface area contributed by atoms with Gasteiger partial charge in [-0.1, -0.05) is 51.0 Å². The van der Waals surface area contributed by atoms with Crippen molar-refractivity contribution in [2.45, 2.75) is 82.4 Å². The van der Waals surface area contributed by atoms with Crippen LogP contribution in [-0.4, -0.2) is 20.2 Å². The Morgan fingerprint density at radius 1 is 0.949 bits per heavy atom. The first kappa shape index (κ1) is 28.9. The number of carboxylic acid groups (broad SMARTS) is 1. The summed E-state index contributed by atoms with van der Waals surface area (Å²) in [6.07, 6.45) is 1.97. The van der Waals surface area contributed by atoms with Crippen LogP contribution in [0.4, 0.5) is 0 Å². The van der Waals surface area contributed by atoms with Crippen molar-refractivity contribution in [2.24, 2.45) is 0 Å². The predicted molar refractivity (Wildman–Crippen MR) is 162 cm³/mol. The third-order valence-electron chi connectivity index (χ3n) is 7.07. The van der Waals surface area contributed by atoms with Gasteiger partial charge in [-0.3, -0.25) is 9.13 Å². The first-order chi connectivity index (χ1) is 18.7. The van der Waals surface area contributed by atoms with Crippen LogP contribution >= 0.6 is 25.3 Å².